The first-order valence-electron chi connectivity index (χ1n) is 10.3. The van der Waals surface area contributed by atoms with Crippen molar-refractivity contribution in [2.45, 2.75) is 35.7 Å². The molecule has 0 atom stereocenters. The number of benzene rings is 1. The molecule has 0 amide bonds. The van der Waals surface area contributed by atoms with E-state index in [0.29, 0.717) is 4.68 Å². The number of nitrogens with zero attached hydrogens (tertiary/aromatic N) is 3. The molecule has 12 nitrogen and oxygen atoms in total. The zero-order valence-corrected chi connectivity index (χ0v) is 20.9. The van der Waals surface area contributed by atoms with Crippen molar-refractivity contribution >= 4 is 41.1 Å². The van der Waals surface area contributed by atoms with Crippen LogP contribution >= 0.6 is 23.2 Å². The lowest BCUT2D eigenvalue weighted by Crippen LogP contribution is -2.55. The minimum Gasteiger partial charge on any atom is -0.505 e. The van der Waals surface area contributed by atoms with Gasteiger partial charge in [-0.2, -0.15) is 9.78 Å². The first-order valence-corrected chi connectivity index (χ1v) is 12.5. The second-order valence-electron chi connectivity index (χ2n) is 8.41. The number of aliphatic hydroxyl groups is 1. The molecule has 1 aliphatic rings. The fourth-order valence-corrected chi connectivity index (χ4v) is 5.52. The van der Waals surface area contributed by atoms with Crippen LogP contribution in [0.5, 0.6) is 17.4 Å². The topological polar surface area (TPSA) is 176 Å². The highest BCUT2D eigenvalue weighted by molar-refractivity contribution is 7.89. The molecule has 3 aromatic rings. The summed E-state index contributed by atoms with van der Waals surface area (Å²) < 4.78 is 59.9. The van der Waals surface area contributed by atoms with E-state index in [4.69, 9.17) is 27.9 Å². The van der Waals surface area contributed by atoms with Gasteiger partial charge < -0.3 is 14.9 Å². The van der Waals surface area contributed by atoms with Crippen LogP contribution in [0.25, 0.3) is 5.69 Å². The summed E-state index contributed by atoms with van der Waals surface area (Å²) in [5.74, 6) is -1.25. The molecule has 0 bridgehead atoms. The predicted molar refractivity (Wildman–Crippen MR) is 128 cm³/mol. The summed E-state index contributed by atoms with van der Waals surface area (Å²) in [5.41, 5.74) is -4.86. The molecule has 0 saturated heterocycles. The fraction of sp³-hybridized carbons (Fsp3) is 0.263. The Morgan fingerprint density at radius 1 is 1.24 bits per heavy atom. The number of rotatable bonds is 7. The molecule has 4 rings (SSSR count). The Morgan fingerprint density at radius 2 is 1.86 bits per heavy atom. The Bertz CT molecular complexity index is 1590. The number of sulfonamides is 1. The van der Waals surface area contributed by atoms with Crippen LogP contribution in [-0.2, 0) is 10.0 Å². The van der Waals surface area contributed by atoms with E-state index in [-0.39, 0.29) is 40.2 Å². The van der Waals surface area contributed by atoms with Crippen LogP contribution in [0, 0.1) is 0 Å². The summed E-state index contributed by atoms with van der Waals surface area (Å²) in [7, 11) is -2.67. The van der Waals surface area contributed by atoms with Crippen molar-refractivity contribution in [3.63, 3.8) is 0 Å². The maximum absolute atomic E-state index is 13.0. The molecule has 0 aliphatic heterocycles. The molecule has 1 fully saturated rings. The number of aromatic amines is 1. The molecule has 0 unspecified atom stereocenters. The normalized spacial score (nSPS) is 19.6. The lowest BCUT2D eigenvalue weighted by Gasteiger charge is -2.41. The molecule has 4 N–H and O–H groups in total. The second-order valence-corrected chi connectivity index (χ2v) is 10.9. The van der Waals surface area contributed by atoms with Crippen LogP contribution in [0.15, 0.2) is 38.9 Å². The summed E-state index contributed by atoms with van der Waals surface area (Å²) >= 11 is 12.4. The number of halogens is 4. The summed E-state index contributed by atoms with van der Waals surface area (Å²) in [4.78, 5) is 28.6. The number of hydrogen-bond donors (Lipinski definition) is 4. The zero-order valence-electron chi connectivity index (χ0n) is 18.6. The highest BCUT2D eigenvalue weighted by Gasteiger charge is 2.40. The maximum Gasteiger partial charge on any atom is 0.349 e. The molecular formula is C19H16BCl2F2N5O7S. The van der Waals surface area contributed by atoms with Gasteiger partial charge in [-0.25, -0.2) is 31.7 Å². The Balaban J connectivity index is 1.64. The summed E-state index contributed by atoms with van der Waals surface area (Å²) in [6.07, 6.45) is -2.06. The predicted octanol–water partition coefficient (Wildman–Crippen LogP) is 0.821. The van der Waals surface area contributed by atoms with Gasteiger partial charge >= 0.3 is 5.69 Å². The zero-order chi connectivity index (χ0) is 27.3. The van der Waals surface area contributed by atoms with Gasteiger partial charge in [-0.3, -0.25) is 9.78 Å². The summed E-state index contributed by atoms with van der Waals surface area (Å²) in [6, 6.07) is 2.53. The molecule has 0 radical (unpaired) electrons. The van der Waals surface area contributed by atoms with Gasteiger partial charge in [0.15, 0.2) is 17.2 Å². The number of alkyl halides is 2. The molecular weight excluding hydrogens is 562 g/mol. The number of aromatic hydroxyl groups is 1. The lowest BCUT2D eigenvalue weighted by molar-refractivity contribution is 0.0275. The van der Waals surface area contributed by atoms with E-state index in [2.05, 4.69) is 14.8 Å². The number of hydrogen-bond acceptors (Lipinski definition) is 9. The monoisotopic (exact) mass is 577 g/mol. The van der Waals surface area contributed by atoms with Gasteiger partial charge in [0.1, 0.15) is 12.7 Å². The van der Waals surface area contributed by atoms with Gasteiger partial charge in [-0.05, 0) is 25.0 Å². The molecule has 2 heterocycles. The quantitative estimate of drug-likeness (QED) is 0.296. The number of ether oxygens (including phenoxy) is 1. The minimum atomic E-state index is -4.23. The third kappa shape index (κ3) is 5.62. The molecule has 1 aromatic carbocycles. The van der Waals surface area contributed by atoms with Gasteiger partial charge in [0.25, 0.3) is 12.0 Å². The van der Waals surface area contributed by atoms with Crippen LogP contribution in [-0.4, -0.2) is 57.8 Å². The second kappa shape index (κ2) is 9.68. The van der Waals surface area contributed by atoms with Crippen molar-refractivity contribution in [3.8, 4) is 23.1 Å². The Morgan fingerprint density at radius 3 is 2.43 bits per heavy atom. The average molecular weight is 578 g/mol. The van der Waals surface area contributed by atoms with Crippen molar-refractivity contribution in [1.82, 2.24) is 24.5 Å². The van der Waals surface area contributed by atoms with Gasteiger partial charge in [0, 0.05) is 17.6 Å². The van der Waals surface area contributed by atoms with E-state index in [0.717, 1.165) is 24.4 Å². The Kier molecular flexibility index (Phi) is 7.07. The first-order chi connectivity index (χ1) is 17.2. The molecule has 1 saturated carbocycles. The van der Waals surface area contributed by atoms with Crippen molar-refractivity contribution in [2.24, 2.45) is 0 Å². The van der Waals surface area contributed by atoms with Gasteiger partial charge in [0.05, 0.1) is 21.9 Å². The van der Waals surface area contributed by atoms with Crippen LogP contribution in [0.3, 0.4) is 0 Å². The maximum atomic E-state index is 13.0. The summed E-state index contributed by atoms with van der Waals surface area (Å²) in [5, 5.41) is 22.7. The fourth-order valence-electron chi connectivity index (χ4n) is 3.65. The highest BCUT2D eigenvalue weighted by Crippen LogP contribution is 2.39. The van der Waals surface area contributed by atoms with Crippen LogP contribution < -0.4 is 20.7 Å². The van der Waals surface area contributed by atoms with E-state index >= 15 is 0 Å². The number of pyridine rings is 1. The third-order valence-corrected chi connectivity index (χ3v) is 7.41. The SMILES string of the molecule is B[C@]1(O)C[C@H](NS(=O)(=O)c2cc(Oc3c(Cl)cc(-n4nc(C(F)F)c(=O)[nH]c4=O)cc3Cl)ncc2O)C1. The van der Waals surface area contributed by atoms with Crippen LogP contribution in [0.1, 0.15) is 25.0 Å². The average Bonchev–Trinajstić information content (AvgIpc) is 2.75. The van der Waals surface area contributed by atoms with E-state index < -0.39 is 55.6 Å². The largest absolute Gasteiger partial charge is 0.505 e. The molecule has 2 aromatic heterocycles. The minimum absolute atomic E-state index is 0.186. The number of aromatic nitrogens is 4. The van der Waals surface area contributed by atoms with Gasteiger partial charge in [-0.1, -0.05) is 23.2 Å². The van der Waals surface area contributed by atoms with Crippen molar-refractivity contribution in [3.05, 3.63) is 61.0 Å². The van der Waals surface area contributed by atoms with E-state index in [1.54, 1.807) is 12.8 Å². The molecule has 37 heavy (non-hydrogen) atoms. The highest BCUT2D eigenvalue weighted by atomic mass is 35.5. The summed E-state index contributed by atoms with van der Waals surface area (Å²) in [6.45, 7) is 0. The molecule has 18 heteroatoms. The molecule has 196 valence electrons. The lowest BCUT2D eigenvalue weighted by atomic mass is 9.63. The Hall–Kier alpha value is -3.05. The van der Waals surface area contributed by atoms with Crippen LogP contribution in [0.4, 0.5) is 8.78 Å². The van der Waals surface area contributed by atoms with E-state index in [9.17, 15) is 37.0 Å². The van der Waals surface area contributed by atoms with Crippen molar-refractivity contribution in [2.75, 3.05) is 0 Å². The smallest absolute Gasteiger partial charge is 0.349 e. The first kappa shape index (κ1) is 27.0. The Labute approximate surface area is 217 Å². The van der Waals surface area contributed by atoms with Crippen molar-refractivity contribution in [1.29, 1.82) is 0 Å². The van der Waals surface area contributed by atoms with Crippen molar-refractivity contribution < 1.29 is 32.1 Å². The van der Waals surface area contributed by atoms with Gasteiger partial charge in [-0.15, -0.1) is 0 Å². The number of nitrogens with one attached hydrogen (secondary N) is 2. The van der Waals surface area contributed by atoms with E-state index in [1.165, 1.54) is 0 Å². The van der Waals surface area contributed by atoms with Crippen LogP contribution in [0.2, 0.25) is 10.0 Å². The molecule has 0 spiro atoms. The van der Waals surface area contributed by atoms with E-state index in [1.807, 2.05) is 0 Å². The standard InChI is InChI=1S/C19H16BCl2F2N5O7S/c20-19(33)4-7(5-19)28-37(34,35)12-3-13(25-6-11(12)30)36-15-9(21)1-8(2-10(15)22)29-18(32)26-17(31)14(27-29)16(23)24/h1-3,6-7,16,28,30,33H,4-5,20H2,(H,26,31,32)/t7-,19-. The molecule has 1 aliphatic carbocycles. The van der Waals surface area contributed by atoms with Gasteiger partial charge in [0.2, 0.25) is 15.9 Å². The third-order valence-electron chi connectivity index (χ3n) is 5.30. The number of H-pyrrole nitrogens is 1.